The molecule has 0 saturated carbocycles. The highest BCUT2D eigenvalue weighted by molar-refractivity contribution is 8.31. The molecule has 0 saturated heterocycles. The van der Waals surface area contributed by atoms with Crippen LogP contribution in [0.3, 0.4) is 0 Å². The molecular weight excluding hydrogens is 226 g/mol. The molecule has 0 nitrogen and oxygen atoms in total. The maximum Gasteiger partial charge on any atom is 0.130 e. The number of benzene rings is 1. The first-order chi connectivity index (χ1) is 7.58. The molecule has 0 heterocycles. The molecule has 82 valence electrons. The molecule has 0 atom stereocenters. The number of rotatable bonds is 2. The highest BCUT2D eigenvalue weighted by Gasteiger charge is 2.11. The van der Waals surface area contributed by atoms with Crippen LogP contribution in [0.1, 0.15) is 5.56 Å². The highest BCUT2D eigenvalue weighted by atomic mass is 32.2. The Hall–Kier alpha value is -1.71. The summed E-state index contributed by atoms with van der Waals surface area (Å²) in [6.45, 7) is 6.90. The summed E-state index contributed by atoms with van der Waals surface area (Å²) in [5.41, 5.74) is -0.0669. The predicted molar refractivity (Wildman–Crippen MR) is 67.8 cm³/mol. The van der Waals surface area contributed by atoms with Crippen molar-refractivity contribution < 1.29 is 8.78 Å². The molecule has 1 aromatic rings. The Balaban J connectivity index is 3.44. The summed E-state index contributed by atoms with van der Waals surface area (Å²) >= 11 is 0. The Bertz CT molecular complexity index is 576. The number of hydrogen-bond donors (Lipinski definition) is 0. The van der Waals surface area contributed by atoms with E-state index in [2.05, 4.69) is 28.5 Å². The summed E-state index contributed by atoms with van der Waals surface area (Å²) in [7, 11) is -2.08. The van der Waals surface area contributed by atoms with Crippen molar-refractivity contribution in [2.24, 2.45) is 0 Å². The van der Waals surface area contributed by atoms with Gasteiger partial charge in [-0.2, -0.15) is 0 Å². The van der Waals surface area contributed by atoms with Crippen LogP contribution in [0.5, 0.6) is 0 Å². The average Bonchev–Trinajstić information content (AvgIpc) is 2.30. The van der Waals surface area contributed by atoms with Crippen LogP contribution in [0.15, 0.2) is 31.4 Å². The topological polar surface area (TPSA) is 0 Å². The van der Waals surface area contributed by atoms with Gasteiger partial charge in [-0.3, -0.25) is 0 Å². The fourth-order valence-electron chi connectivity index (χ4n) is 1.16. The van der Waals surface area contributed by atoms with Gasteiger partial charge >= 0.3 is 0 Å². The lowest BCUT2D eigenvalue weighted by atomic mass is 10.2. The lowest BCUT2D eigenvalue weighted by Gasteiger charge is -2.07. The van der Waals surface area contributed by atoms with E-state index in [1.54, 1.807) is 0 Å². The van der Waals surface area contributed by atoms with Crippen LogP contribution < -0.4 is 0 Å². The van der Waals surface area contributed by atoms with Crippen molar-refractivity contribution in [3.63, 3.8) is 0 Å². The second-order valence-electron chi connectivity index (χ2n) is 2.99. The Morgan fingerprint density at radius 1 is 1.19 bits per heavy atom. The van der Waals surface area contributed by atoms with E-state index in [1.165, 1.54) is 18.2 Å². The molecule has 0 fully saturated rings. The van der Waals surface area contributed by atoms with Gasteiger partial charge in [-0.15, -0.1) is 6.42 Å². The van der Waals surface area contributed by atoms with Crippen LogP contribution in [0.25, 0.3) is 0 Å². The standard InChI is InChI=1S/C13H10F2S/c1-4-16(5-2,6-3)10-11-12(14)8-7-9-13(11)15/h1,7-9H,2-3,10H2. The number of terminal acetylenes is 1. The third-order valence-corrected chi connectivity index (χ3v) is 4.23. The molecule has 0 radical (unpaired) electrons. The summed E-state index contributed by atoms with van der Waals surface area (Å²) in [4.78, 5) is 0. The third kappa shape index (κ3) is 2.27. The first kappa shape index (κ1) is 12.4. The van der Waals surface area contributed by atoms with Gasteiger partial charge in [0.05, 0.1) is 0 Å². The molecule has 16 heavy (non-hydrogen) atoms. The van der Waals surface area contributed by atoms with E-state index < -0.39 is 20.8 Å². The van der Waals surface area contributed by atoms with Gasteiger partial charge in [0.1, 0.15) is 11.6 Å². The Kier molecular flexibility index (Phi) is 3.77. The van der Waals surface area contributed by atoms with Crippen LogP contribution >= 0.6 is 9.21 Å². The van der Waals surface area contributed by atoms with Crippen molar-refractivity contribution in [1.29, 1.82) is 0 Å². The van der Waals surface area contributed by atoms with E-state index in [0.29, 0.717) is 0 Å². The van der Waals surface area contributed by atoms with Crippen LogP contribution in [0, 0.1) is 23.3 Å². The molecule has 1 aromatic carbocycles. The van der Waals surface area contributed by atoms with E-state index in [4.69, 9.17) is 6.42 Å². The van der Waals surface area contributed by atoms with Crippen molar-refractivity contribution in [2.75, 3.05) is 0 Å². The molecule has 0 unspecified atom stereocenters. The van der Waals surface area contributed by atoms with Gasteiger partial charge in [-0.1, -0.05) is 25.3 Å². The third-order valence-electron chi connectivity index (χ3n) is 2.12. The summed E-state index contributed by atoms with van der Waals surface area (Å²) in [6, 6.07) is 3.67. The lowest BCUT2D eigenvalue weighted by Crippen LogP contribution is -1.95. The zero-order chi connectivity index (χ0) is 12.2. The van der Waals surface area contributed by atoms with Gasteiger partial charge in [0.15, 0.2) is 0 Å². The predicted octanol–water partition coefficient (Wildman–Crippen LogP) is 3.03. The van der Waals surface area contributed by atoms with E-state index in [-0.39, 0.29) is 11.3 Å². The fourth-order valence-corrected chi connectivity index (χ4v) is 2.43. The van der Waals surface area contributed by atoms with Crippen molar-refractivity contribution in [2.45, 2.75) is 5.75 Å². The largest absolute Gasteiger partial charge is 0.207 e. The zero-order valence-electron chi connectivity index (χ0n) is 8.59. The SMILES string of the molecule is C#CS(=C=C)(=C=C)Cc1c(F)cccc1F. The highest BCUT2D eigenvalue weighted by Crippen LogP contribution is 2.28. The van der Waals surface area contributed by atoms with E-state index >= 15 is 0 Å². The Morgan fingerprint density at radius 3 is 2.06 bits per heavy atom. The Morgan fingerprint density at radius 2 is 1.69 bits per heavy atom. The summed E-state index contributed by atoms with van der Waals surface area (Å²) in [6.07, 6.45) is 5.31. The molecule has 3 heteroatoms. The quantitative estimate of drug-likeness (QED) is 0.547. The molecule has 0 bridgehead atoms. The van der Waals surface area contributed by atoms with E-state index in [0.717, 1.165) is 0 Å². The molecule has 0 amide bonds. The minimum atomic E-state index is -2.08. The van der Waals surface area contributed by atoms with Gasteiger partial charge in [0.2, 0.25) is 0 Å². The van der Waals surface area contributed by atoms with Crippen LogP contribution in [0.2, 0.25) is 0 Å². The lowest BCUT2D eigenvalue weighted by molar-refractivity contribution is 0.566. The van der Waals surface area contributed by atoms with Crippen molar-refractivity contribution in [1.82, 2.24) is 0 Å². The Labute approximate surface area is 94.4 Å². The van der Waals surface area contributed by atoms with Crippen LogP contribution in [-0.4, -0.2) is 10.0 Å². The summed E-state index contributed by atoms with van der Waals surface area (Å²) < 4.78 is 26.8. The van der Waals surface area contributed by atoms with Crippen molar-refractivity contribution >= 4 is 19.3 Å². The van der Waals surface area contributed by atoms with E-state index in [1.807, 2.05) is 0 Å². The normalized spacial score (nSPS) is 10.1. The minimum absolute atomic E-state index is 0.00495. The van der Waals surface area contributed by atoms with Gasteiger partial charge in [-0.05, 0) is 30.5 Å². The van der Waals surface area contributed by atoms with Gasteiger partial charge < -0.3 is 0 Å². The molecule has 0 aromatic heterocycles. The fraction of sp³-hybridized carbons (Fsp3) is 0.0769. The first-order valence-electron chi connectivity index (χ1n) is 4.37. The molecule has 1 rings (SSSR count). The maximum atomic E-state index is 13.4. The van der Waals surface area contributed by atoms with Gasteiger partial charge in [-0.25, -0.2) is 8.78 Å². The molecule has 0 aliphatic carbocycles. The first-order valence-corrected chi connectivity index (χ1v) is 6.17. The van der Waals surface area contributed by atoms with Crippen molar-refractivity contribution in [3.05, 3.63) is 48.6 Å². The smallest absolute Gasteiger partial charge is 0.130 e. The molecule has 0 aliphatic rings. The molecule has 0 N–H and O–H groups in total. The number of halogens is 2. The number of hydrogen-bond acceptors (Lipinski definition) is 0. The van der Waals surface area contributed by atoms with Crippen LogP contribution in [0.4, 0.5) is 8.78 Å². The second-order valence-corrected chi connectivity index (χ2v) is 5.57. The van der Waals surface area contributed by atoms with Crippen molar-refractivity contribution in [3.8, 4) is 11.7 Å². The zero-order valence-corrected chi connectivity index (χ0v) is 9.41. The summed E-state index contributed by atoms with van der Waals surface area (Å²) in [5.74, 6) is -1.26. The van der Waals surface area contributed by atoms with Gasteiger partial charge in [0, 0.05) is 11.3 Å². The molecule has 0 aliphatic heterocycles. The minimum Gasteiger partial charge on any atom is -0.207 e. The van der Waals surface area contributed by atoms with Gasteiger partial charge in [0.25, 0.3) is 0 Å². The maximum absolute atomic E-state index is 13.4. The average molecular weight is 236 g/mol. The molecular formula is C13H10F2S. The molecule has 0 spiro atoms. The monoisotopic (exact) mass is 236 g/mol. The summed E-state index contributed by atoms with van der Waals surface area (Å²) in [5, 5.41) is 7.64. The van der Waals surface area contributed by atoms with Crippen LogP contribution in [-0.2, 0) is 5.75 Å². The second kappa shape index (κ2) is 4.88. The van der Waals surface area contributed by atoms with E-state index in [9.17, 15) is 8.78 Å².